The highest BCUT2D eigenvalue weighted by Crippen LogP contribution is 2.28. The van der Waals surface area contributed by atoms with Gasteiger partial charge < -0.3 is 5.32 Å². The van der Waals surface area contributed by atoms with Crippen LogP contribution in [0, 0.1) is 5.82 Å². The molecule has 0 saturated carbocycles. The maximum atomic E-state index is 12.9. The first-order chi connectivity index (χ1) is 9.44. The van der Waals surface area contributed by atoms with Crippen LogP contribution >= 0.6 is 22.9 Å². The van der Waals surface area contributed by atoms with Crippen LogP contribution in [0.1, 0.15) is 4.88 Å². The van der Waals surface area contributed by atoms with Crippen molar-refractivity contribution in [3.05, 3.63) is 45.4 Å². The Kier molecular flexibility index (Phi) is 4.64. The third kappa shape index (κ3) is 3.29. The first-order valence-electron chi connectivity index (χ1n) is 5.63. The molecule has 0 spiro atoms. The van der Waals surface area contributed by atoms with E-state index in [1.165, 1.54) is 23.5 Å². The summed E-state index contributed by atoms with van der Waals surface area (Å²) in [5.74, 6) is -0.524. The van der Waals surface area contributed by atoms with E-state index in [1.54, 1.807) is 12.4 Å². The van der Waals surface area contributed by atoms with Crippen molar-refractivity contribution >= 4 is 38.6 Å². The molecule has 1 heterocycles. The summed E-state index contributed by atoms with van der Waals surface area (Å²) in [5, 5.41) is 4.62. The van der Waals surface area contributed by atoms with Crippen LogP contribution in [0.4, 0.5) is 10.1 Å². The molecule has 0 saturated heterocycles. The molecule has 0 radical (unpaired) electrons. The Balaban J connectivity index is 2.33. The Hall–Kier alpha value is -1.15. The number of thiophene rings is 1. The zero-order valence-electron chi connectivity index (χ0n) is 10.5. The van der Waals surface area contributed by atoms with Gasteiger partial charge in [0.05, 0.1) is 10.7 Å². The van der Waals surface area contributed by atoms with Crippen molar-refractivity contribution in [2.45, 2.75) is 11.4 Å². The molecule has 4 nitrogen and oxygen atoms in total. The standard InChI is InChI=1S/C12H12ClFN2O2S2/c1-15-7-11-12(4-5-19-11)20(17,18)16-10-3-2-8(14)6-9(10)13/h2-6,15-16H,7H2,1H3. The molecule has 2 aromatic rings. The van der Waals surface area contributed by atoms with Gasteiger partial charge >= 0.3 is 0 Å². The molecule has 108 valence electrons. The number of halogens is 2. The minimum absolute atomic E-state index is 0.0129. The predicted molar refractivity (Wildman–Crippen MR) is 79.3 cm³/mol. The summed E-state index contributed by atoms with van der Waals surface area (Å²) in [7, 11) is -2.01. The van der Waals surface area contributed by atoms with Gasteiger partial charge in [-0.15, -0.1) is 11.3 Å². The van der Waals surface area contributed by atoms with Crippen molar-refractivity contribution in [2.24, 2.45) is 0 Å². The fourth-order valence-electron chi connectivity index (χ4n) is 1.63. The zero-order chi connectivity index (χ0) is 14.8. The third-order valence-corrected chi connectivity index (χ3v) is 5.32. The van der Waals surface area contributed by atoms with Crippen molar-refractivity contribution in [1.82, 2.24) is 5.32 Å². The second-order valence-corrected chi connectivity index (χ2v) is 7.03. The Morgan fingerprint density at radius 2 is 2.10 bits per heavy atom. The van der Waals surface area contributed by atoms with Gasteiger partial charge in [-0.3, -0.25) is 4.72 Å². The summed E-state index contributed by atoms with van der Waals surface area (Å²) >= 11 is 7.16. The molecule has 2 N–H and O–H groups in total. The molecule has 1 aromatic heterocycles. The highest BCUT2D eigenvalue weighted by Gasteiger charge is 2.20. The van der Waals surface area contributed by atoms with Crippen molar-refractivity contribution in [2.75, 3.05) is 11.8 Å². The summed E-state index contributed by atoms with van der Waals surface area (Å²) in [6, 6.07) is 5.02. The van der Waals surface area contributed by atoms with Crippen molar-refractivity contribution in [3.63, 3.8) is 0 Å². The van der Waals surface area contributed by atoms with Crippen LogP contribution in [-0.2, 0) is 16.6 Å². The number of hydrogen-bond acceptors (Lipinski definition) is 4. The lowest BCUT2D eigenvalue weighted by molar-refractivity contribution is 0.600. The average molecular weight is 335 g/mol. The van der Waals surface area contributed by atoms with E-state index in [-0.39, 0.29) is 15.6 Å². The van der Waals surface area contributed by atoms with Crippen molar-refractivity contribution < 1.29 is 12.8 Å². The quantitative estimate of drug-likeness (QED) is 0.883. The van der Waals surface area contributed by atoms with Crippen molar-refractivity contribution in [1.29, 1.82) is 0 Å². The minimum Gasteiger partial charge on any atom is -0.315 e. The lowest BCUT2D eigenvalue weighted by Gasteiger charge is -2.10. The maximum Gasteiger partial charge on any atom is 0.263 e. The molecule has 20 heavy (non-hydrogen) atoms. The molecule has 0 amide bonds. The smallest absolute Gasteiger partial charge is 0.263 e. The summed E-state index contributed by atoms with van der Waals surface area (Å²) < 4.78 is 39.9. The largest absolute Gasteiger partial charge is 0.315 e. The van der Waals surface area contributed by atoms with E-state index in [2.05, 4.69) is 10.0 Å². The first kappa shape index (κ1) is 15.2. The number of rotatable bonds is 5. The average Bonchev–Trinajstić information content (AvgIpc) is 2.82. The second-order valence-electron chi connectivity index (χ2n) is 3.97. The summed E-state index contributed by atoms with van der Waals surface area (Å²) in [4.78, 5) is 0.885. The first-order valence-corrected chi connectivity index (χ1v) is 8.37. The third-order valence-electron chi connectivity index (χ3n) is 2.51. The van der Waals surface area contributed by atoms with E-state index in [9.17, 15) is 12.8 Å². The number of benzene rings is 1. The van der Waals surface area contributed by atoms with Crippen molar-refractivity contribution in [3.8, 4) is 0 Å². The van der Waals surface area contributed by atoms with Crippen LogP contribution in [0.25, 0.3) is 0 Å². The Morgan fingerprint density at radius 1 is 1.35 bits per heavy atom. The zero-order valence-corrected chi connectivity index (χ0v) is 12.9. The molecule has 0 aliphatic carbocycles. The fraction of sp³-hybridized carbons (Fsp3) is 0.167. The summed E-state index contributed by atoms with van der Waals surface area (Å²) in [6.45, 7) is 0.449. The maximum absolute atomic E-state index is 12.9. The molecule has 0 atom stereocenters. The summed E-state index contributed by atoms with van der Waals surface area (Å²) in [6.07, 6.45) is 0. The van der Waals surface area contributed by atoms with Crippen LogP contribution in [0.2, 0.25) is 5.02 Å². The Bertz CT molecular complexity index is 716. The topological polar surface area (TPSA) is 58.2 Å². The molecular weight excluding hydrogens is 323 g/mol. The normalized spacial score (nSPS) is 11.6. The van der Waals surface area contributed by atoms with Gasteiger partial charge in [0.25, 0.3) is 10.0 Å². The highest BCUT2D eigenvalue weighted by molar-refractivity contribution is 7.93. The van der Waals surface area contributed by atoms with Gasteiger partial charge in [0, 0.05) is 11.4 Å². The van der Waals surface area contributed by atoms with Gasteiger partial charge in [-0.1, -0.05) is 11.6 Å². The van der Waals surface area contributed by atoms with Gasteiger partial charge in [-0.05, 0) is 36.7 Å². The molecule has 0 aliphatic heterocycles. The Labute approximate surface area is 125 Å². The summed E-state index contributed by atoms with van der Waals surface area (Å²) in [5.41, 5.74) is 0.148. The number of hydrogen-bond donors (Lipinski definition) is 2. The lowest BCUT2D eigenvalue weighted by atomic mass is 10.3. The molecule has 2 rings (SSSR count). The van der Waals surface area contributed by atoms with E-state index in [0.29, 0.717) is 11.4 Å². The van der Waals surface area contributed by atoms with Crippen LogP contribution in [0.3, 0.4) is 0 Å². The molecular formula is C12H12ClFN2O2S2. The molecule has 0 unspecified atom stereocenters. The van der Waals surface area contributed by atoms with Gasteiger partial charge in [0.1, 0.15) is 10.7 Å². The van der Waals surface area contributed by atoms with Gasteiger partial charge in [0.2, 0.25) is 0 Å². The SMILES string of the molecule is CNCc1sccc1S(=O)(=O)Nc1ccc(F)cc1Cl. The van der Waals surface area contributed by atoms with Crippen LogP contribution < -0.4 is 10.0 Å². The predicted octanol–water partition coefficient (Wildman–Crippen LogP) is 3.06. The van der Waals surface area contributed by atoms with E-state index in [0.717, 1.165) is 12.1 Å². The lowest BCUT2D eigenvalue weighted by Crippen LogP contribution is -2.16. The number of anilines is 1. The highest BCUT2D eigenvalue weighted by atomic mass is 35.5. The Morgan fingerprint density at radius 3 is 2.75 bits per heavy atom. The molecule has 8 heteroatoms. The number of nitrogens with one attached hydrogen (secondary N) is 2. The molecule has 1 aromatic carbocycles. The van der Waals surface area contributed by atoms with Crippen LogP contribution in [0.5, 0.6) is 0 Å². The van der Waals surface area contributed by atoms with E-state index < -0.39 is 15.8 Å². The van der Waals surface area contributed by atoms with E-state index in [1.807, 2.05) is 0 Å². The fourth-order valence-corrected chi connectivity index (χ4v) is 4.44. The molecule has 0 bridgehead atoms. The van der Waals surface area contributed by atoms with E-state index >= 15 is 0 Å². The second kappa shape index (κ2) is 6.09. The van der Waals surface area contributed by atoms with Gasteiger partial charge in [-0.25, -0.2) is 12.8 Å². The minimum atomic E-state index is -3.74. The number of sulfonamides is 1. The molecule has 0 fully saturated rings. The van der Waals surface area contributed by atoms with Gasteiger partial charge in [-0.2, -0.15) is 0 Å². The molecule has 0 aliphatic rings. The van der Waals surface area contributed by atoms with Crippen LogP contribution in [-0.4, -0.2) is 15.5 Å². The van der Waals surface area contributed by atoms with E-state index in [4.69, 9.17) is 11.6 Å². The van der Waals surface area contributed by atoms with Crippen LogP contribution in [0.15, 0.2) is 34.5 Å². The monoisotopic (exact) mass is 334 g/mol. The van der Waals surface area contributed by atoms with Gasteiger partial charge in [0.15, 0.2) is 0 Å².